The van der Waals surface area contributed by atoms with Crippen molar-refractivity contribution in [2.45, 2.75) is 0 Å². The average Bonchev–Trinajstić information content (AvgIpc) is 1.78. The summed E-state index contributed by atoms with van der Waals surface area (Å²) in [7, 11) is -1.44. The minimum absolute atomic E-state index is 0.111. The van der Waals surface area contributed by atoms with Gasteiger partial charge in [0, 0.05) is 0 Å². The minimum atomic E-state index is -2.93. The van der Waals surface area contributed by atoms with E-state index in [2.05, 4.69) is 0 Å². The van der Waals surface area contributed by atoms with Crippen LogP contribution in [0.2, 0.25) is 0 Å². The Hall–Kier alpha value is -0.130. The molecule has 1 rings (SSSR count). The van der Waals surface area contributed by atoms with Crippen LogP contribution in [0.1, 0.15) is 0 Å². The second-order valence-electron chi connectivity index (χ2n) is 2.64. The molecular formula is C4H10NO3S+. The predicted molar refractivity (Wildman–Crippen MR) is 31.5 cm³/mol. The summed E-state index contributed by atoms with van der Waals surface area (Å²) in [5.41, 5.74) is 0. The summed E-state index contributed by atoms with van der Waals surface area (Å²) in [6, 6.07) is 0. The van der Waals surface area contributed by atoms with E-state index in [0.717, 1.165) is 0 Å². The van der Waals surface area contributed by atoms with Crippen LogP contribution in [0.25, 0.3) is 0 Å². The Balaban J connectivity index is 2.81. The van der Waals surface area contributed by atoms with E-state index in [1.165, 1.54) is 7.05 Å². The first-order valence-electron chi connectivity index (χ1n) is 2.69. The molecule has 0 aromatic rings. The largest absolute Gasteiger partial charge is 0.223 e. The van der Waals surface area contributed by atoms with Crippen LogP contribution in [-0.4, -0.2) is 43.5 Å². The van der Waals surface area contributed by atoms with Gasteiger partial charge in [0.2, 0.25) is 15.7 Å². The first-order chi connectivity index (χ1) is 3.91. The molecule has 54 valence electrons. The van der Waals surface area contributed by atoms with Gasteiger partial charge in [-0.05, 0) is 0 Å². The number of quaternary nitrogens is 1. The van der Waals surface area contributed by atoms with Crippen molar-refractivity contribution in [2.24, 2.45) is 0 Å². The maximum atomic E-state index is 10.7. The normalized spacial score (nSPS) is 41.1. The molecule has 1 aliphatic heterocycles. The molecule has 1 N–H and O–H groups in total. The fourth-order valence-corrected chi connectivity index (χ4v) is 2.67. The summed E-state index contributed by atoms with van der Waals surface area (Å²) in [4.78, 5) is 0. The van der Waals surface area contributed by atoms with E-state index < -0.39 is 9.84 Å². The fraction of sp³-hybridized carbons (Fsp3) is 1.00. The molecule has 0 bridgehead atoms. The van der Waals surface area contributed by atoms with Gasteiger partial charge in [-0.3, -0.25) is 0 Å². The summed E-state index contributed by atoms with van der Waals surface area (Å²) in [6.07, 6.45) is 0. The Bertz CT molecular complexity index is 206. The zero-order valence-corrected chi connectivity index (χ0v) is 6.06. The highest BCUT2D eigenvalue weighted by Crippen LogP contribution is 2.10. The van der Waals surface area contributed by atoms with E-state index in [-0.39, 0.29) is 16.3 Å². The summed E-state index contributed by atoms with van der Waals surface area (Å²) in [5, 5.41) is 9.09. The predicted octanol–water partition coefficient (Wildman–Crippen LogP) is -0.792. The third-order valence-electron chi connectivity index (χ3n) is 1.36. The van der Waals surface area contributed by atoms with Crippen molar-refractivity contribution >= 4 is 9.84 Å². The molecule has 0 aromatic heterocycles. The van der Waals surface area contributed by atoms with Crippen molar-refractivity contribution in [3.05, 3.63) is 0 Å². The van der Waals surface area contributed by atoms with Gasteiger partial charge in [0.05, 0.1) is 7.05 Å². The van der Waals surface area contributed by atoms with Crippen molar-refractivity contribution in [1.82, 2.24) is 0 Å². The van der Waals surface area contributed by atoms with Crippen LogP contribution in [-0.2, 0) is 9.84 Å². The third kappa shape index (κ3) is 1.64. The van der Waals surface area contributed by atoms with Gasteiger partial charge in [-0.25, -0.2) is 13.6 Å². The van der Waals surface area contributed by atoms with Crippen LogP contribution in [0.5, 0.6) is 0 Å². The zero-order valence-electron chi connectivity index (χ0n) is 5.24. The Morgan fingerprint density at radius 2 is 2.11 bits per heavy atom. The summed E-state index contributed by atoms with van der Waals surface area (Å²) in [5.74, 6) is -0.0208. The molecule has 1 aliphatic rings. The zero-order chi connectivity index (χ0) is 7.12. The van der Waals surface area contributed by atoms with Gasteiger partial charge in [0.25, 0.3) is 0 Å². The van der Waals surface area contributed by atoms with E-state index in [0.29, 0.717) is 6.54 Å². The highest BCUT2D eigenvalue weighted by molar-refractivity contribution is 7.91. The lowest BCUT2D eigenvalue weighted by Crippen LogP contribution is -2.37. The van der Waals surface area contributed by atoms with Gasteiger partial charge in [0.15, 0.2) is 0 Å². The van der Waals surface area contributed by atoms with Gasteiger partial charge >= 0.3 is 0 Å². The number of nitrogens with zero attached hydrogens (tertiary/aromatic N) is 1. The van der Waals surface area contributed by atoms with Gasteiger partial charge in [-0.2, -0.15) is 4.65 Å². The molecule has 1 fully saturated rings. The van der Waals surface area contributed by atoms with E-state index in [1.54, 1.807) is 0 Å². The fourth-order valence-electron chi connectivity index (χ4n) is 0.889. The Kier molecular flexibility index (Phi) is 1.30. The van der Waals surface area contributed by atoms with Crippen LogP contribution in [0.4, 0.5) is 0 Å². The van der Waals surface area contributed by atoms with Gasteiger partial charge < -0.3 is 0 Å². The lowest BCUT2D eigenvalue weighted by molar-refractivity contribution is -1.07. The standard InChI is InChI=1S/C4H10NO3S/c1-5(6)2-3-9(7,8)4-5/h6H,2-4H2,1H3/q+1. The third-order valence-corrected chi connectivity index (χ3v) is 3.11. The number of rotatable bonds is 0. The SMILES string of the molecule is C[N+]1(O)CCS(=O)(=O)C1. The molecule has 0 aliphatic carbocycles. The van der Waals surface area contributed by atoms with E-state index >= 15 is 0 Å². The lowest BCUT2D eigenvalue weighted by Gasteiger charge is -2.14. The smallest absolute Gasteiger partial charge is 0.209 e. The summed E-state index contributed by atoms with van der Waals surface area (Å²) in [6.45, 7) is 0.322. The van der Waals surface area contributed by atoms with Crippen molar-refractivity contribution in [3.63, 3.8) is 0 Å². The molecule has 0 spiro atoms. The minimum Gasteiger partial charge on any atom is -0.223 e. The average molecular weight is 152 g/mol. The topological polar surface area (TPSA) is 54.4 Å². The van der Waals surface area contributed by atoms with Crippen molar-refractivity contribution < 1.29 is 18.3 Å². The van der Waals surface area contributed by atoms with Gasteiger partial charge in [-0.15, -0.1) is 0 Å². The highest BCUT2D eigenvalue weighted by Gasteiger charge is 2.37. The molecule has 0 aromatic carbocycles. The summed E-state index contributed by atoms with van der Waals surface area (Å²) < 4.78 is 21.0. The molecule has 9 heavy (non-hydrogen) atoms. The van der Waals surface area contributed by atoms with Crippen LogP contribution in [0.15, 0.2) is 0 Å². The second-order valence-corrected chi connectivity index (χ2v) is 4.79. The van der Waals surface area contributed by atoms with Crippen LogP contribution in [0, 0.1) is 0 Å². The molecule has 0 radical (unpaired) electrons. The second kappa shape index (κ2) is 1.68. The molecular weight excluding hydrogens is 142 g/mol. The number of hydroxylamine groups is 3. The molecule has 0 amide bonds. The number of sulfone groups is 1. The maximum absolute atomic E-state index is 10.7. The number of hydrogen-bond donors (Lipinski definition) is 1. The molecule has 1 heterocycles. The summed E-state index contributed by atoms with van der Waals surface area (Å²) >= 11 is 0. The van der Waals surface area contributed by atoms with Crippen molar-refractivity contribution in [3.8, 4) is 0 Å². The Labute approximate surface area is 54.2 Å². The van der Waals surface area contributed by atoms with E-state index in [9.17, 15) is 8.42 Å². The van der Waals surface area contributed by atoms with E-state index in [1.807, 2.05) is 0 Å². The molecule has 1 atom stereocenters. The van der Waals surface area contributed by atoms with Crippen LogP contribution in [0.3, 0.4) is 0 Å². The Morgan fingerprint density at radius 1 is 1.56 bits per heavy atom. The quantitative estimate of drug-likeness (QED) is 0.463. The van der Waals surface area contributed by atoms with Crippen molar-refractivity contribution in [2.75, 3.05) is 25.2 Å². The first-order valence-corrected chi connectivity index (χ1v) is 4.51. The van der Waals surface area contributed by atoms with E-state index in [4.69, 9.17) is 5.21 Å². The van der Waals surface area contributed by atoms with Crippen LogP contribution >= 0.6 is 0 Å². The lowest BCUT2D eigenvalue weighted by atomic mass is 10.7. The number of hydrogen-bond acceptors (Lipinski definition) is 3. The van der Waals surface area contributed by atoms with Crippen molar-refractivity contribution in [1.29, 1.82) is 0 Å². The first kappa shape index (κ1) is 6.98. The maximum Gasteiger partial charge on any atom is 0.209 e. The van der Waals surface area contributed by atoms with Gasteiger partial charge in [0.1, 0.15) is 12.3 Å². The van der Waals surface area contributed by atoms with Gasteiger partial charge in [-0.1, -0.05) is 0 Å². The Morgan fingerprint density at radius 3 is 2.22 bits per heavy atom. The molecule has 0 saturated carbocycles. The molecule has 5 heteroatoms. The van der Waals surface area contributed by atoms with Crippen LogP contribution < -0.4 is 0 Å². The molecule has 1 unspecified atom stereocenters. The molecule has 4 nitrogen and oxygen atoms in total. The highest BCUT2D eigenvalue weighted by atomic mass is 32.2. The monoisotopic (exact) mass is 152 g/mol. The molecule has 1 saturated heterocycles.